The Kier molecular flexibility index (Phi) is 6.36. The topological polar surface area (TPSA) is 61.8 Å². The van der Waals surface area contributed by atoms with Crippen LogP contribution in [0.25, 0.3) is 0 Å². The lowest BCUT2D eigenvalue weighted by Gasteiger charge is -2.16. The highest BCUT2D eigenvalue weighted by Crippen LogP contribution is 2.20. The molecule has 140 valence electrons. The summed E-state index contributed by atoms with van der Waals surface area (Å²) in [6.45, 7) is 3.05. The molecule has 1 fully saturated rings. The molecular formula is C22H25N3O2. The van der Waals surface area contributed by atoms with E-state index in [0.29, 0.717) is 13.1 Å². The molecule has 1 atom stereocenters. The molecule has 1 unspecified atom stereocenters. The molecule has 1 N–H and O–H groups in total. The minimum absolute atomic E-state index is 0.0137. The van der Waals surface area contributed by atoms with Gasteiger partial charge < -0.3 is 4.90 Å². The number of hydrogen-bond acceptors (Lipinski definition) is 3. The predicted octanol–water partition coefficient (Wildman–Crippen LogP) is 3.36. The van der Waals surface area contributed by atoms with Gasteiger partial charge in [0, 0.05) is 19.5 Å². The van der Waals surface area contributed by atoms with Crippen molar-refractivity contribution in [3.05, 3.63) is 71.8 Å². The van der Waals surface area contributed by atoms with E-state index in [9.17, 15) is 9.59 Å². The van der Waals surface area contributed by atoms with E-state index < -0.39 is 0 Å². The molecule has 0 spiro atoms. The molecule has 0 saturated carbocycles. The normalized spacial score (nSPS) is 17.2. The van der Waals surface area contributed by atoms with Crippen LogP contribution in [0.4, 0.5) is 0 Å². The lowest BCUT2D eigenvalue weighted by Crippen LogP contribution is -2.30. The van der Waals surface area contributed by atoms with Gasteiger partial charge in [0.2, 0.25) is 11.8 Å². The predicted molar refractivity (Wildman–Crippen MR) is 106 cm³/mol. The van der Waals surface area contributed by atoms with Crippen molar-refractivity contribution in [2.75, 3.05) is 6.54 Å². The number of carbonyl (C=O) groups excluding carboxylic acids is 2. The number of hydrazone groups is 1. The van der Waals surface area contributed by atoms with Gasteiger partial charge in [-0.25, -0.2) is 5.43 Å². The second kappa shape index (κ2) is 9.12. The zero-order valence-electron chi connectivity index (χ0n) is 15.6. The first-order valence-corrected chi connectivity index (χ1v) is 9.41. The van der Waals surface area contributed by atoms with Crippen LogP contribution < -0.4 is 5.43 Å². The zero-order chi connectivity index (χ0) is 19.1. The Morgan fingerprint density at radius 3 is 2.44 bits per heavy atom. The van der Waals surface area contributed by atoms with Crippen molar-refractivity contribution < 1.29 is 9.59 Å². The van der Waals surface area contributed by atoms with Gasteiger partial charge in [-0.05, 0) is 17.5 Å². The van der Waals surface area contributed by atoms with Gasteiger partial charge in [0.25, 0.3) is 0 Å². The van der Waals surface area contributed by atoms with Gasteiger partial charge in [-0.15, -0.1) is 0 Å². The number of benzene rings is 2. The smallest absolute Gasteiger partial charge is 0.245 e. The van der Waals surface area contributed by atoms with E-state index in [1.807, 2.05) is 60.7 Å². The average molecular weight is 363 g/mol. The Morgan fingerprint density at radius 2 is 1.78 bits per heavy atom. The maximum absolute atomic E-state index is 12.5. The first-order valence-electron chi connectivity index (χ1n) is 9.41. The molecule has 0 bridgehead atoms. The fourth-order valence-corrected chi connectivity index (χ4v) is 3.25. The number of likely N-dealkylation sites (tertiary alicyclic amines) is 1. The molecule has 27 heavy (non-hydrogen) atoms. The van der Waals surface area contributed by atoms with Crippen LogP contribution in [0.3, 0.4) is 0 Å². The van der Waals surface area contributed by atoms with E-state index in [0.717, 1.165) is 29.7 Å². The summed E-state index contributed by atoms with van der Waals surface area (Å²) in [5.74, 6) is -0.535. The zero-order valence-corrected chi connectivity index (χ0v) is 15.6. The van der Waals surface area contributed by atoms with Gasteiger partial charge >= 0.3 is 0 Å². The van der Waals surface area contributed by atoms with Crippen LogP contribution in [-0.4, -0.2) is 29.0 Å². The molecule has 2 aromatic carbocycles. The summed E-state index contributed by atoms with van der Waals surface area (Å²) in [6.07, 6.45) is 1.97. The molecule has 5 nitrogen and oxygen atoms in total. The summed E-state index contributed by atoms with van der Waals surface area (Å²) in [5, 5.41) is 4.35. The molecule has 3 rings (SSSR count). The number of rotatable bonds is 7. The average Bonchev–Trinajstić information content (AvgIpc) is 3.07. The van der Waals surface area contributed by atoms with Crippen molar-refractivity contribution >= 4 is 17.5 Å². The number of carbonyl (C=O) groups is 2. The van der Waals surface area contributed by atoms with Crippen LogP contribution in [0.5, 0.6) is 0 Å². The summed E-state index contributed by atoms with van der Waals surface area (Å²) in [7, 11) is 0. The van der Waals surface area contributed by atoms with E-state index in [-0.39, 0.29) is 24.2 Å². The van der Waals surface area contributed by atoms with E-state index in [4.69, 9.17) is 0 Å². The van der Waals surface area contributed by atoms with E-state index in [1.165, 1.54) is 0 Å². The van der Waals surface area contributed by atoms with Crippen molar-refractivity contribution in [2.45, 2.75) is 32.7 Å². The SMILES string of the molecule is CCC/C(=N\NC(=O)C1CC(=O)N(Cc2ccccc2)C1)c1ccccc1. The summed E-state index contributed by atoms with van der Waals surface area (Å²) < 4.78 is 0. The standard InChI is InChI=1S/C22H25N3O2/c1-2-9-20(18-12-7-4-8-13-18)23-24-22(27)19-14-21(26)25(16-19)15-17-10-5-3-6-11-17/h3-8,10-13,19H,2,9,14-16H2,1H3,(H,24,27)/b23-20+. The van der Waals surface area contributed by atoms with Crippen molar-refractivity contribution in [2.24, 2.45) is 11.0 Å². The van der Waals surface area contributed by atoms with Crippen LogP contribution in [0.15, 0.2) is 65.8 Å². The molecule has 1 aliphatic rings. The lowest BCUT2D eigenvalue weighted by atomic mass is 10.1. The molecule has 1 aliphatic heterocycles. The lowest BCUT2D eigenvalue weighted by molar-refractivity contribution is -0.129. The molecule has 0 aromatic heterocycles. The molecule has 2 amide bonds. The third-order valence-corrected chi connectivity index (χ3v) is 4.70. The third kappa shape index (κ3) is 5.03. The van der Waals surface area contributed by atoms with Gasteiger partial charge in [-0.1, -0.05) is 74.0 Å². The summed E-state index contributed by atoms with van der Waals surface area (Å²) in [5.41, 5.74) is 5.62. The van der Waals surface area contributed by atoms with Crippen molar-refractivity contribution in [1.29, 1.82) is 0 Å². The van der Waals surface area contributed by atoms with Gasteiger partial charge in [0.1, 0.15) is 0 Å². The Hall–Kier alpha value is -2.95. The molecule has 1 heterocycles. The summed E-state index contributed by atoms with van der Waals surface area (Å²) >= 11 is 0. The van der Waals surface area contributed by atoms with E-state index in [2.05, 4.69) is 17.5 Å². The van der Waals surface area contributed by atoms with Crippen LogP contribution in [-0.2, 0) is 16.1 Å². The molecule has 5 heteroatoms. The highest BCUT2D eigenvalue weighted by molar-refractivity contribution is 6.01. The number of hydrogen-bond donors (Lipinski definition) is 1. The van der Waals surface area contributed by atoms with Crippen molar-refractivity contribution in [3.63, 3.8) is 0 Å². The van der Waals surface area contributed by atoms with E-state index >= 15 is 0 Å². The monoisotopic (exact) mass is 363 g/mol. The Balaban J connectivity index is 1.61. The Morgan fingerprint density at radius 1 is 1.11 bits per heavy atom. The van der Waals surface area contributed by atoms with Crippen LogP contribution in [0.1, 0.15) is 37.3 Å². The second-order valence-electron chi connectivity index (χ2n) is 6.81. The van der Waals surface area contributed by atoms with Gasteiger partial charge in [-0.2, -0.15) is 5.10 Å². The molecule has 1 saturated heterocycles. The van der Waals surface area contributed by atoms with Crippen LogP contribution >= 0.6 is 0 Å². The Labute approximate surface area is 160 Å². The van der Waals surface area contributed by atoms with Gasteiger partial charge in [-0.3, -0.25) is 9.59 Å². The molecular weight excluding hydrogens is 338 g/mol. The summed E-state index contributed by atoms with van der Waals surface area (Å²) in [6, 6.07) is 19.7. The summed E-state index contributed by atoms with van der Waals surface area (Å²) in [4.78, 5) is 26.5. The van der Waals surface area contributed by atoms with E-state index in [1.54, 1.807) is 4.90 Å². The maximum Gasteiger partial charge on any atom is 0.245 e. The minimum Gasteiger partial charge on any atom is -0.338 e. The molecule has 0 aliphatic carbocycles. The fourth-order valence-electron chi connectivity index (χ4n) is 3.25. The minimum atomic E-state index is -0.358. The first-order chi connectivity index (χ1) is 13.2. The quantitative estimate of drug-likeness (QED) is 0.606. The Bertz CT molecular complexity index is 803. The largest absolute Gasteiger partial charge is 0.338 e. The highest BCUT2D eigenvalue weighted by atomic mass is 16.2. The van der Waals surface area contributed by atoms with Crippen molar-refractivity contribution in [3.8, 4) is 0 Å². The van der Waals surface area contributed by atoms with Crippen molar-refractivity contribution in [1.82, 2.24) is 10.3 Å². The van der Waals surface area contributed by atoms with Gasteiger partial charge in [0.15, 0.2) is 0 Å². The number of nitrogens with one attached hydrogen (secondary N) is 1. The van der Waals surface area contributed by atoms with Crippen LogP contribution in [0.2, 0.25) is 0 Å². The first kappa shape index (κ1) is 18.8. The third-order valence-electron chi connectivity index (χ3n) is 4.70. The number of amides is 2. The second-order valence-corrected chi connectivity index (χ2v) is 6.81. The maximum atomic E-state index is 12.5. The van der Waals surface area contributed by atoms with Crippen LogP contribution in [0, 0.1) is 5.92 Å². The molecule has 0 radical (unpaired) electrons. The molecule has 2 aromatic rings. The fraction of sp³-hybridized carbons (Fsp3) is 0.318. The number of nitrogens with zero attached hydrogens (tertiary/aromatic N) is 2. The van der Waals surface area contributed by atoms with Gasteiger partial charge in [0.05, 0.1) is 11.6 Å². The highest BCUT2D eigenvalue weighted by Gasteiger charge is 2.34.